The molecule has 130 valence electrons. The third kappa shape index (κ3) is 3.51. The number of hydrogen-bond donors (Lipinski definition) is 1. The highest BCUT2D eigenvalue weighted by Gasteiger charge is 2.26. The highest BCUT2D eigenvalue weighted by atomic mass is 15.3. The molecule has 4 rings (SSSR count). The van der Waals surface area contributed by atoms with E-state index in [-0.39, 0.29) is 0 Å². The summed E-state index contributed by atoms with van der Waals surface area (Å²) in [5.41, 5.74) is 3.58. The maximum absolute atomic E-state index is 4.71. The molecule has 1 aromatic carbocycles. The highest BCUT2D eigenvalue weighted by molar-refractivity contribution is 5.58. The molecule has 1 aliphatic rings. The van der Waals surface area contributed by atoms with Crippen molar-refractivity contribution < 1.29 is 0 Å². The molecule has 3 aromatic rings. The zero-order valence-electron chi connectivity index (χ0n) is 14.7. The molecule has 5 nitrogen and oxygen atoms in total. The molecule has 0 spiro atoms. The van der Waals surface area contributed by atoms with E-state index >= 15 is 0 Å². The molecule has 1 saturated heterocycles. The van der Waals surface area contributed by atoms with Crippen LogP contribution in [0.2, 0.25) is 0 Å². The first-order chi connectivity index (χ1) is 12.3. The van der Waals surface area contributed by atoms with Gasteiger partial charge in [-0.2, -0.15) is 5.10 Å². The van der Waals surface area contributed by atoms with Crippen LogP contribution in [0.4, 0.5) is 0 Å². The second-order valence-electron chi connectivity index (χ2n) is 6.79. The van der Waals surface area contributed by atoms with Crippen LogP contribution < -0.4 is 0 Å². The molecule has 3 heterocycles. The zero-order valence-corrected chi connectivity index (χ0v) is 14.7. The van der Waals surface area contributed by atoms with Crippen molar-refractivity contribution in [3.05, 3.63) is 60.3 Å². The summed E-state index contributed by atoms with van der Waals surface area (Å²) in [6.07, 6.45) is 8.59. The molecule has 2 aromatic heterocycles. The van der Waals surface area contributed by atoms with E-state index in [2.05, 4.69) is 45.3 Å². The van der Waals surface area contributed by atoms with Gasteiger partial charge < -0.3 is 4.98 Å². The molecule has 1 aliphatic heterocycles. The second-order valence-corrected chi connectivity index (χ2v) is 6.79. The van der Waals surface area contributed by atoms with Crippen LogP contribution in [0.3, 0.4) is 0 Å². The topological polar surface area (TPSA) is 49.7 Å². The molecule has 25 heavy (non-hydrogen) atoms. The number of aryl methyl sites for hydroxylation is 1. The summed E-state index contributed by atoms with van der Waals surface area (Å²) in [7, 11) is 2.02. The first-order valence-corrected chi connectivity index (χ1v) is 9.12. The molecule has 1 unspecified atom stereocenters. The van der Waals surface area contributed by atoms with Crippen molar-refractivity contribution in [2.75, 3.05) is 13.1 Å². The predicted molar refractivity (Wildman–Crippen MR) is 99.1 cm³/mol. The summed E-state index contributed by atoms with van der Waals surface area (Å²) in [5, 5.41) is 4.27. The Morgan fingerprint density at radius 1 is 1.16 bits per heavy atom. The van der Waals surface area contributed by atoms with Crippen LogP contribution in [0.1, 0.15) is 36.8 Å². The van der Waals surface area contributed by atoms with Crippen LogP contribution in [0.15, 0.2) is 48.8 Å². The number of rotatable bonds is 5. The number of benzene rings is 1. The van der Waals surface area contributed by atoms with E-state index in [4.69, 9.17) is 4.98 Å². The van der Waals surface area contributed by atoms with Gasteiger partial charge in [-0.1, -0.05) is 36.8 Å². The van der Waals surface area contributed by atoms with Crippen LogP contribution >= 0.6 is 0 Å². The minimum Gasteiger partial charge on any atom is -0.341 e. The first kappa shape index (κ1) is 16.1. The molecule has 0 bridgehead atoms. The smallest absolute Gasteiger partial charge is 0.123 e. The summed E-state index contributed by atoms with van der Waals surface area (Å²) in [6, 6.07) is 12.9. The fourth-order valence-electron chi connectivity index (χ4n) is 3.74. The van der Waals surface area contributed by atoms with E-state index in [1.165, 1.54) is 30.5 Å². The monoisotopic (exact) mass is 335 g/mol. The Bertz CT molecular complexity index is 804. The van der Waals surface area contributed by atoms with Crippen molar-refractivity contribution in [2.24, 2.45) is 7.05 Å². The Morgan fingerprint density at radius 3 is 2.84 bits per heavy atom. The van der Waals surface area contributed by atoms with Gasteiger partial charge in [0.05, 0.1) is 17.9 Å². The van der Waals surface area contributed by atoms with Crippen LogP contribution in [0.5, 0.6) is 0 Å². The van der Waals surface area contributed by atoms with Crippen molar-refractivity contribution in [3.8, 4) is 11.3 Å². The molecule has 0 aliphatic carbocycles. The quantitative estimate of drug-likeness (QED) is 0.775. The Morgan fingerprint density at radius 2 is 2.04 bits per heavy atom. The number of nitrogens with zero attached hydrogens (tertiary/aromatic N) is 4. The van der Waals surface area contributed by atoms with Crippen molar-refractivity contribution in [1.29, 1.82) is 0 Å². The van der Waals surface area contributed by atoms with Gasteiger partial charge in [0.15, 0.2) is 0 Å². The summed E-state index contributed by atoms with van der Waals surface area (Å²) in [6.45, 7) is 2.19. The Kier molecular flexibility index (Phi) is 4.65. The summed E-state index contributed by atoms with van der Waals surface area (Å²) < 4.78 is 1.97. The minimum atomic E-state index is 0.388. The number of H-pyrrole nitrogens is 1. The lowest BCUT2D eigenvalue weighted by Gasteiger charge is -2.34. The number of hydrogen-bond acceptors (Lipinski definition) is 3. The molecule has 1 fully saturated rings. The molecule has 1 atom stereocenters. The average Bonchev–Trinajstić information content (AvgIpc) is 3.30. The van der Waals surface area contributed by atoms with E-state index in [0.29, 0.717) is 6.04 Å². The lowest BCUT2D eigenvalue weighted by atomic mass is 10.0. The van der Waals surface area contributed by atoms with Crippen molar-refractivity contribution in [3.63, 3.8) is 0 Å². The summed E-state index contributed by atoms with van der Waals surface area (Å²) >= 11 is 0. The largest absolute Gasteiger partial charge is 0.341 e. The molecule has 0 radical (unpaired) electrons. The lowest BCUT2D eigenvalue weighted by Crippen LogP contribution is -2.35. The Balaban J connectivity index is 1.49. The molecular weight excluding hydrogens is 310 g/mol. The second kappa shape index (κ2) is 7.23. The van der Waals surface area contributed by atoms with Gasteiger partial charge >= 0.3 is 0 Å². The number of imidazole rings is 1. The van der Waals surface area contributed by atoms with E-state index in [9.17, 15) is 0 Å². The number of aromatic amines is 1. The SMILES string of the molecule is Cn1nccc1CCN1CCCCC1c1ncc(-c2ccccc2)[nH]1. The predicted octanol–water partition coefficient (Wildman–Crippen LogP) is 3.58. The maximum Gasteiger partial charge on any atom is 0.123 e. The van der Waals surface area contributed by atoms with Crippen LogP contribution in [-0.2, 0) is 13.5 Å². The van der Waals surface area contributed by atoms with Crippen molar-refractivity contribution >= 4 is 0 Å². The maximum atomic E-state index is 4.71. The van der Waals surface area contributed by atoms with E-state index in [0.717, 1.165) is 31.0 Å². The number of nitrogens with one attached hydrogen (secondary N) is 1. The average molecular weight is 335 g/mol. The molecular formula is C20H25N5. The van der Waals surface area contributed by atoms with Crippen LogP contribution in [0.25, 0.3) is 11.3 Å². The third-order valence-electron chi connectivity index (χ3n) is 5.19. The standard InChI is InChI=1S/C20H25N5/c1-24-17(10-12-22-24)11-14-25-13-6-5-9-19(25)20-21-15-18(23-20)16-7-3-2-4-8-16/h2-4,7-8,10,12,15,19H,5-6,9,11,13-14H2,1H3,(H,21,23). The van der Waals surface area contributed by atoms with Crippen LogP contribution in [0, 0.1) is 0 Å². The van der Waals surface area contributed by atoms with Crippen LogP contribution in [-0.4, -0.2) is 37.7 Å². The summed E-state index contributed by atoms with van der Waals surface area (Å²) in [5.74, 6) is 1.10. The first-order valence-electron chi connectivity index (χ1n) is 9.12. The number of likely N-dealkylation sites (tertiary alicyclic amines) is 1. The normalized spacial score (nSPS) is 18.5. The fraction of sp³-hybridized carbons (Fsp3) is 0.400. The Hall–Kier alpha value is -2.40. The van der Waals surface area contributed by atoms with Gasteiger partial charge in [0.1, 0.15) is 5.82 Å². The lowest BCUT2D eigenvalue weighted by molar-refractivity contribution is 0.143. The Labute approximate surface area is 148 Å². The number of piperidine rings is 1. The minimum absolute atomic E-state index is 0.388. The molecule has 0 saturated carbocycles. The van der Waals surface area contributed by atoms with E-state index in [1.54, 1.807) is 0 Å². The van der Waals surface area contributed by atoms with E-state index in [1.807, 2.05) is 30.2 Å². The van der Waals surface area contributed by atoms with Gasteiger partial charge in [0.2, 0.25) is 0 Å². The van der Waals surface area contributed by atoms with Gasteiger partial charge in [-0.3, -0.25) is 9.58 Å². The highest BCUT2D eigenvalue weighted by Crippen LogP contribution is 2.30. The summed E-state index contributed by atoms with van der Waals surface area (Å²) in [4.78, 5) is 10.9. The molecule has 5 heteroatoms. The molecule has 1 N–H and O–H groups in total. The third-order valence-corrected chi connectivity index (χ3v) is 5.19. The van der Waals surface area contributed by atoms with E-state index < -0.39 is 0 Å². The van der Waals surface area contributed by atoms with Crippen molar-refractivity contribution in [2.45, 2.75) is 31.7 Å². The van der Waals surface area contributed by atoms with Crippen molar-refractivity contribution in [1.82, 2.24) is 24.6 Å². The fourth-order valence-corrected chi connectivity index (χ4v) is 3.74. The van der Waals surface area contributed by atoms with Gasteiger partial charge in [-0.05, 0) is 31.0 Å². The van der Waals surface area contributed by atoms with Gasteiger partial charge in [0.25, 0.3) is 0 Å². The molecule has 0 amide bonds. The van der Waals surface area contributed by atoms with Gasteiger partial charge in [-0.25, -0.2) is 4.98 Å². The van der Waals surface area contributed by atoms with Gasteiger partial charge in [-0.15, -0.1) is 0 Å². The number of aromatic nitrogens is 4. The zero-order chi connectivity index (χ0) is 17.1. The van der Waals surface area contributed by atoms with Gasteiger partial charge in [0, 0.05) is 31.9 Å².